The molecule has 26 heavy (non-hydrogen) atoms. The molecule has 0 radical (unpaired) electrons. The predicted molar refractivity (Wildman–Crippen MR) is 108 cm³/mol. The van der Waals surface area contributed by atoms with Crippen molar-refractivity contribution >= 4 is 33.7 Å². The summed E-state index contributed by atoms with van der Waals surface area (Å²) in [6.07, 6.45) is 3.55. The molecule has 0 amide bonds. The molecule has 0 rings (SSSR count). The van der Waals surface area contributed by atoms with Crippen molar-refractivity contribution in [3.63, 3.8) is 0 Å². The van der Waals surface area contributed by atoms with Gasteiger partial charge in [-0.3, -0.25) is 0 Å². The van der Waals surface area contributed by atoms with E-state index < -0.39 is 16.5 Å². The molecule has 7 nitrogen and oxygen atoms in total. The van der Waals surface area contributed by atoms with E-state index in [-0.39, 0.29) is 10.8 Å². The van der Waals surface area contributed by atoms with Crippen LogP contribution in [-0.4, -0.2) is 69.5 Å². The normalized spacial score (nSPS) is 13.5. The molecular weight excluding hydrogens is 392 g/mol. The molecule has 0 spiro atoms. The highest BCUT2D eigenvalue weighted by Gasteiger charge is 2.50. The minimum absolute atomic E-state index is 0.0852. The number of hydrogen-bond donors (Lipinski definition) is 0. The summed E-state index contributed by atoms with van der Waals surface area (Å²) in [6.45, 7) is 7.64. The Kier molecular flexibility index (Phi) is 12.9. The van der Waals surface area contributed by atoms with Gasteiger partial charge in [-0.25, -0.2) is 4.79 Å². The monoisotopic (exact) mass is 426 g/mol. The molecule has 154 valence electrons. The third kappa shape index (κ3) is 8.21. The van der Waals surface area contributed by atoms with Crippen molar-refractivity contribution in [3.05, 3.63) is 12.2 Å². The Morgan fingerprint density at radius 1 is 0.962 bits per heavy atom. The summed E-state index contributed by atoms with van der Waals surface area (Å²) >= 11 is 1.55. The first kappa shape index (κ1) is 25.8. The molecule has 0 saturated heterocycles. The summed E-state index contributed by atoms with van der Waals surface area (Å²) in [7, 11) is 2.90. The lowest BCUT2D eigenvalue weighted by molar-refractivity contribution is -0.139. The first-order chi connectivity index (χ1) is 12.2. The van der Waals surface area contributed by atoms with Crippen LogP contribution in [0.5, 0.6) is 0 Å². The molecule has 1 unspecified atom stereocenters. The molecule has 0 aromatic heterocycles. The Labute approximate surface area is 164 Å². The van der Waals surface area contributed by atoms with E-state index in [9.17, 15) is 4.79 Å². The van der Waals surface area contributed by atoms with Crippen molar-refractivity contribution in [2.24, 2.45) is 0 Å². The Hall–Kier alpha value is -0.206. The highest BCUT2D eigenvalue weighted by Crippen LogP contribution is 2.36. The van der Waals surface area contributed by atoms with E-state index in [1.807, 2.05) is 6.55 Å². The summed E-state index contributed by atoms with van der Waals surface area (Å²) in [5.74, 6) is -0.340. The van der Waals surface area contributed by atoms with Crippen molar-refractivity contribution in [2.45, 2.75) is 44.0 Å². The Balaban J connectivity index is 4.69. The predicted octanol–water partition coefficient (Wildman–Crippen LogP) is 3.05. The maximum atomic E-state index is 11.4. The second-order valence-corrected chi connectivity index (χ2v) is 15.1. The molecule has 0 aliphatic carbocycles. The number of ether oxygens (including phenoxy) is 1. The van der Waals surface area contributed by atoms with Crippen LogP contribution >= 0.6 is 11.2 Å². The van der Waals surface area contributed by atoms with Gasteiger partial charge < -0.3 is 26.9 Å². The highest BCUT2D eigenvalue weighted by atomic mass is 32.4. The van der Waals surface area contributed by atoms with Gasteiger partial charge in [0, 0.05) is 46.0 Å². The quantitative estimate of drug-likeness (QED) is 0.171. The largest absolute Gasteiger partial charge is 0.572 e. The standard InChI is InChI=1S/C16H34O7SSi2/c1-14(2)16(17)23-13-11-9-10-12-15(25(8,18-3)19-4)24-26(20-5,21-6)22-7/h15H,1,9-13H2,2-8H3. The molecule has 0 N–H and O–H groups in total. The third-order valence-corrected chi connectivity index (χ3v) is 15.1. The Morgan fingerprint density at radius 2 is 1.50 bits per heavy atom. The smallest absolute Gasteiger partial charge is 0.462 e. The Bertz CT molecular complexity index is 421. The van der Waals surface area contributed by atoms with Crippen LogP contribution < -0.4 is 0 Å². The summed E-state index contributed by atoms with van der Waals surface area (Å²) in [6, 6.07) is 0. The molecular formula is C16H34O7SSi2. The van der Waals surface area contributed by atoms with Gasteiger partial charge in [0.25, 0.3) is 0 Å². The lowest BCUT2D eigenvalue weighted by Crippen LogP contribution is -2.52. The Morgan fingerprint density at radius 3 is 1.92 bits per heavy atom. The van der Waals surface area contributed by atoms with Gasteiger partial charge in [-0.15, -0.1) is 0 Å². The lowest BCUT2D eigenvalue weighted by Gasteiger charge is -2.35. The molecule has 0 fully saturated rings. The maximum absolute atomic E-state index is 11.4. The fraction of sp³-hybridized carbons (Fsp3) is 0.812. The van der Waals surface area contributed by atoms with Crippen molar-refractivity contribution in [1.29, 1.82) is 0 Å². The number of carbonyl (C=O) groups is 1. The summed E-state index contributed by atoms with van der Waals surface area (Å²) < 4.78 is 33.2. The van der Waals surface area contributed by atoms with Gasteiger partial charge in [0.1, 0.15) is 0 Å². The molecule has 0 bridgehead atoms. The van der Waals surface area contributed by atoms with Gasteiger partial charge in [0.05, 0.1) is 6.61 Å². The van der Waals surface area contributed by atoms with Crippen molar-refractivity contribution < 1.29 is 31.7 Å². The fourth-order valence-corrected chi connectivity index (χ4v) is 12.0. The van der Waals surface area contributed by atoms with E-state index in [2.05, 4.69) is 6.58 Å². The molecule has 0 heterocycles. The zero-order chi connectivity index (χ0) is 20.2. The first-order valence-electron chi connectivity index (χ1n) is 8.50. The van der Waals surface area contributed by atoms with Gasteiger partial charge in [0.15, 0.2) is 0 Å². The average Bonchev–Trinajstić information content (AvgIpc) is 2.66. The first-order valence-corrected chi connectivity index (χ1v) is 14.2. The van der Waals surface area contributed by atoms with Crippen LogP contribution in [-0.2, 0) is 31.7 Å². The number of carbonyl (C=O) groups excluding carboxylic acids is 1. The van der Waals surface area contributed by atoms with Gasteiger partial charge in [0.2, 0.25) is 0 Å². The molecule has 10 heteroatoms. The zero-order valence-electron chi connectivity index (χ0n) is 17.1. The topological polar surface area (TPSA) is 72.5 Å². The number of rotatable bonds is 15. The van der Waals surface area contributed by atoms with Crippen LogP contribution in [0.2, 0.25) is 6.55 Å². The van der Waals surface area contributed by atoms with Gasteiger partial charge in [-0.2, -0.15) is 0 Å². The van der Waals surface area contributed by atoms with E-state index in [0.717, 1.165) is 25.7 Å². The molecule has 0 aromatic carbocycles. The van der Waals surface area contributed by atoms with E-state index >= 15 is 0 Å². The lowest BCUT2D eigenvalue weighted by atomic mass is 10.2. The molecule has 0 saturated carbocycles. The van der Waals surface area contributed by atoms with E-state index in [4.69, 9.17) is 26.9 Å². The van der Waals surface area contributed by atoms with Gasteiger partial charge in [-0.1, -0.05) is 30.6 Å². The average molecular weight is 427 g/mol. The van der Waals surface area contributed by atoms with Crippen molar-refractivity contribution in [3.8, 4) is 0 Å². The minimum Gasteiger partial charge on any atom is -0.462 e. The third-order valence-electron chi connectivity index (χ3n) is 4.12. The van der Waals surface area contributed by atoms with Crippen LogP contribution in [0, 0.1) is 0 Å². The zero-order valence-corrected chi connectivity index (χ0v) is 19.9. The SMILES string of the molecule is C=C(C)C(=O)OCCCCCC(S[Si](OC)(OC)OC)[Si](C)(OC)OC. The van der Waals surface area contributed by atoms with Gasteiger partial charge >= 0.3 is 22.5 Å². The van der Waals surface area contributed by atoms with Crippen LogP contribution in [0.15, 0.2) is 12.2 Å². The molecule has 0 aromatic rings. The van der Waals surface area contributed by atoms with E-state index in [1.165, 1.54) is 0 Å². The van der Waals surface area contributed by atoms with E-state index in [1.54, 1.807) is 53.7 Å². The molecule has 1 atom stereocenters. The van der Waals surface area contributed by atoms with Crippen molar-refractivity contribution in [1.82, 2.24) is 0 Å². The summed E-state index contributed by atoms with van der Waals surface area (Å²) in [4.78, 5) is 11.4. The van der Waals surface area contributed by atoms with Gasteiger partial charge in [-0.05, 0) is 26.3 Å². The van der Waals surface area contributed by atoms with Crippen LogP contribution in [0.3, 0.4) is 0 Å². The number of esters is 1. The second kappa shape index (κ2) is 13.1. The van der Waals surface area contributed by atoms with Crippen LogP contribution in [0.1, 0.15) is 32.6 Å². The molecule has 0 aliphatic rings. The summed E-state index contributed by atoms with van der Waals surface area (Å²) in [5, 5.41) is 0. The van der Waals surface area contributed by atoms with Crippen LogP contribution in [0.4, 0.5) is 0 Å². The highest BCUT2D eigenvalue weighted by molar-refractivity contribution is 8.28. The minimum atomic E-state index is -2.81. The fourth-order valence-electron chi connectivity index (χ4n) is 2.24. The van der Waals surface area contributed by atoms with Crippen molar-refractivity contribution in [2.75, 3.05) is 42.2 Å². The number of hydrogen-bond acceptors (Lipinski definition) is 8. The summed E-state index contributed by atoms with van der Waals surface area (Å²) in [5.41, 5.74) is 0.420. The maximum Gasteiger partial charge on any atom is 0.572 e. The van der Waals surface area contributed by atoms with E-state index in [0.29, 0.717) is 12.2 Å². The second-order valence-electron chi connectivity index (χ2n) is 5.91. The molecule has 0 aliphatic heterocycles. The van der Waals surface area contributed by atoms with Crippen LogP contribution in [0.25, 0.3) is 0 Å². The number of unbranched alkanes of at least 4 members (excludes halogenated alkanes) is 2.